The van der Waals surface area contributed by atoms with Crippen LogP contribution in [0.1, 0.15) is 40.5 Å². The summed E-state index contributed by atoms with van der Waals surface area (Å²) < 4.78 is 16.5. The molecular weight excluding hydrogens is 456 g/mol. The van der Waals surface area contributed by atoms with Crippen LogP contribution < -0.4 is 14.2 Å². The molecule has 34 heavy (non-hydrogen) atoms. The summed E-state index contributed by atoms with van der Waals surface area (Å²) >= 11 is 1.27. The van der Waals surface area contributed by atoms with Crippen LogP contribution in [-0.2, 0) is 4.79 Å². The predicted octanol–water partition coefficient (Wildman–Crippen LogP) is 3.84. The molecular formula is C25H30N2O6S. The molecule has 0 radical (unpaired) electrons. The monoisotopic (exact) mass is 486 g/mol. The highest BCUT2D eigenvalue weighted by Crippen LogP contribution is 2.45. The molecule has 2 aliphatic rings. The lowest BCUT2D eigenvalue weighted by Gasteiger charge is -2.32. The Morgan fingerprint density at radius 1 is 1.06 bits per heavy atom. The summed E-state index contributed by atoms with van der Waals surface area (Å²) in [4.78, 5) is 31.0. The van der Waals surface area contributed by atoms with Crippen LogP contribution in [0.3, 0.4) is 0 Å². The molecule has 4 rings (SSSR count). The summed E-state index contributed by atoms with van der Waals surface area (Å²) in [6, 6.07) is 6.15. The normalized spacial score (nSPS) is 19.0. The maximum atomic E-state index is 13.4. The first kappa shape index (κ1) is 24.1. The Balaban J connectivity index is 1.77. The molecule has 0 bridgehead atoms. The lowest BCUT2D eigenvalue weighted by Crippen LogP contribution is -2.40. The maximum Gasteiger partial charge on any atom is 0.290 e. The number of amides is 1. The Bertz CT molecular complexity index is 1050. The van der Waals surface area contributed by atoms with E-state index in [1.807, 2.05) is 0 Å². The second-order valence-electron chi connectivity index (χ2n) is 8.33. The van der Waals surface area contributed by atoms with Gasteiger partial charge in [0.25, 0.3) is 5.91 Å². The van der Waals surface area contributed by atoms with Crippen molar-refractivity contribution in [3.05, 3.63) is 51.4 Å². The molecule has 1 fully saturated rings. The molecule has 3 heterocycles. The largest absolute Gasteiger partial charge is 0.503 e. The molecule has 0 aliphatic carbocycles. The molecule has 1 amide bonds. The van der Waals surface area contributed by atoms with E-state index in [0.29, 0.717) is 40.8 Å². The van der Waals surface area contributed by atoms with Crippen molar-refractivity contribution in [2.24, 2.45) is 0 Å². The number of benzene rings is 1. The summed E-state index contributed by atoms with van der Waals surface area (Å²) in [5.41, 5.74) is 0.672. The molecule has 2 aliphatic heterocycles. The highest BCUT2D eigenvalue weighted by molar-refractivity contribution is 7.12. The van der Waals surface area contributed by atoms with Crippen molar-refractivity contribution in [1.29, 1.82) is 0 Å². The predicted molar refractivity (Wildman–Crippen MR) is 129 cm³/mol. The van der Waals surface area contributed by atoms with Gasteiger partial charge in [-0.25, -0.2) is 0 Å². The van der Waals surface area contributed by atoms with Crippen molar-refractivity contribution >= 4 is 23.0 Å². The molecule has 1 saturated heterocycles. The van der Waals surface area contributed by atoms with Crippen molar-refractivity contribution in [3.63, 3.8) is 0 Å². The number of rotatable bonds is 9. The van der Waals surface area contributed by atoms with Gasteiger partial charge in [0.1, 0.15) is 0 Å². The van der Waals surface area contributed by atoms with Crippen LogP contribution in [0.2, 0.25) is 0 Å². The minimum absolute atomic E-state index is 0.0698. The van der Waals surface area contributed by atoms with E-state index in [1.54, 1.807) is 34.5 Å². The first-order chi connectivity index (χ1) is 16.5. The van der Waals surface area contributed by atoms with Crippen molar-refractivity contribution in [1.82, 2.24) is 9.80 Å². The molecule has 1 atom stereocenters. The SMILES string of the molecule is COc1cc(C2C(C(=O)c3cccs3)=C(O)C(=O)N2CCN2CCCCC2)cc(OC)c1OC. The number of nitrogens with zero attached hydrogens (tertiary/aromatic N) is 2. The number of carbonyl (C=O) groups is 2. The number of ether oxygens (including phenoxy) is 3. The number of thiophene rings is 1. The van der Waals surface area contributed by atoms with Gasteiger partial charge in [0.2, 0.25) is 11.5 Å². The Labute approximate surface area is 203 Å². The number of methoxy groups -OCH3 is 3. The molecule has 1 aromatic carbocycles. The van der Waals surface area contributed by atoms with E-state index in [1.165, 1.54) is 39.1 Å². The fraction of sp³-hybridized carbons (Fsp3) is 0.440. The van der Waals surface area contributed by atoms with E-state index < -0.39 is 17.7 Å². The Morgan fingerprint density at radius 2 is 1.74 bits per heavy atom. The van der Waals surface area contributed by atoms with Crippen LogP contribution in [-0.4, -0.2) is 74.1 Å². The Kier molecular flexibility index (Phi) is 7.43. The molecule has 2 aromatic rings. The van der Waals surface area contributed by atoms with Crippen molar-refractivity contribution < 1.29 is 28.9 Å². The smallest absolute Gasteiger partial charge is 0.290 e. The molecule has 1 unspecified atom stereocenters. The van der Waals surface area contributed by atoms with Crippen LogP contribution in [0.5, 0.6) is 17.2 Å². The van der Waals surface area contributed by atoms with Crippen molar-refractivity contribution in [3.8, 4) is 17.2 Å². The van der Waals surface area contributed by atoms with E-state index in [0.717, 1.165) is 25.9 Å². The highest BCUT2D eigenvalue weighted by Gasteiger charge is 2.44. The van der Waals surface area contributed by atoms with Crippen LogP contribution >= 0.6 is 11.3 Å². The van der Waals surface area contributed by atoms with Gasteiger partial charge >= 0.3 is 0 Å². The molecule has 0 saturated carbocycles. The number of Topliss-reactive ketones (excluding diaryl/α,β-unsaturated/α-hetero) is 1. The van der Waals surface area contributed by atoms with E-state index in [4.69, 9.17) is 14.2 Å². The van der Waals surface area contributed by atoms with Crippen LogP contribution in [0, 0.1) is 0 Å². The van der Waals surface area contributed by atoms with Gasteiger partial charge in [-0.1, -0.05) is 12.5 Å². The van der Waals surface area contributed by atoms with Gasteiger partial charge in [-0.15, -0.1) is 11.3 Å². The van der Waals surface area contributed by atoms with Crippen molar-refractivity contribution in [2.45, 2.75) is 25.3 Å². The zero-order valence-electron chi connectivity index (χ0n) is 19.7. The van der Waals surface area contributed by atoms with Gasteiger partial charge in [-0.2, -0.15) is 0 Å². The van der Waals surface area contributed by atoms with E-state index >= 15 is 0 Å². The first-order valence-electron chi connectivity index (χ1n) is 11.3. The molecule has 9 heteroatoms. The van der Waals surface area contributed by atoms with Crippen molar-refractivity contribution in [2.75, 3.05) is 47.5 Å². The van der Waals surface area contributed by atoms with E-state index in [9.17, 15) is 14.7 Å². The number of carbonyl (C=O) groups excluding carboxylic acids is 2. The van der Waals surface area contributed by atoms with Gasteiger partial charge in [-0.05, 0) is 55.1 Å². The second kappa shape index (κ2) is 10.5. The third-order valence-electron chi connectivity index (χ3n) is 6.40. The molecule has 182 valence electrons. The number of hydrogen-bond acceptors (Lipinski definition) is 8. The zero-order chi connectivity index (χ0) is 24.2. The fourth-order valence-electron chi connectivity index (χ4n) is 4.69. The van der Waals surface area contributed by atoms with E-state index in [-0.39, 0.29) is 11.4 Å². The van der Waals surface area contributed by atoms with Gasteiger partial charge in [-0.3, -0.25) is 9.59 Å². The molecule has 1 N–H and O–H groups in total. The summed E-state index contributed by atoms with van der Waals surface area (Å²) in [5, 5.41) is 12.7. The van der Waals surface area contributed by atoms with Gasteiger partial charge in [0.15, 0.2) is 17.3 Å². The molecule has 8 nitrogen and oxygen atoms in total. The van der Waals surface area contributed by atoms with E-state index in [2.05, 4.69) is 4.90 Å². The third-order valence-corrected chi connectivity index (χ3v) is 7.27. The lowest BCUT2D eigenvalue weighted by atomic mass is 9.94. The fourth-order valence-corrected chi connectivity index (χ4v) is 5.37. The Hall–Kier alpha value is -3.04. The van der Waals surface area contributed by atoms with Crippen LogP contribution in [0.15, 0.2) is 41.0 Å². The first-order valence-corrected chi connectivity index (χ1v) is 12.2. The zero-order valence-corrected chi connectivity index (χ0v) is 20.5. The Morgan fingerprint density at radius 3 is 2.29 bits per heavy atom. The number of piperidine rings is 1. The number of aliphatic hydroxyl groups excluding tert-OH is 1. The number of likely N-dealkylation sites (tertiary alicyclic amines) is 1. The summed E-state index contributed by atoms with van der Waals surface area (Å²) in [5.74, 6) is -0.173. The molecule has 1 aromatic heterocycles. The number of hydrogen-bond donors (Lipinski definition) is 1. The molecule has 0 spiro atoms. The average molecular weight is 487 g/mol. The minimum Gasteiger partial charge on any atom is -0.503 e. The minimum atomic E-state index is -0.777. The van der Waals surface area contributed by atoms with Gasteiger partial charge in [0, 0.05) is 13.1 Å². The topological polar surface area (TPSA) is 88.5 Å². The van der Waals surface area contributed by atoms with Crippen LogP contribution in [0.25, 0.3) is 0 Å². The quantitative estimate of drug-likeness (QED) is 0.539. The van der Waals surface area contributed by atoms with Crippen LogP contribution in [0.4, 0.5) is 0 Å². The number of aliphatic hydroxyl groups is 1. The number of ketones is 1. The summed E-state index contributed by atoms with van der Waals surface area (Å²) in [6.45, 7) is 3.01. The van der Waals surface area contributed by atoms with Gasteiger partial charge in [0.05, 0.1) is 37.8 Å². The highest BCUT2D eigenvalue weighted by atomic mass is 32.1. The average Bonchev–Trinajstić information content (AvgIpc) is 3.49. The summed E-state index contributed by atoms with van der Waals surface area (Å²) in [7, 11) is 4.54. The second-order valence-corrected chi connectivity index (χ2v) is 9.28. The lowest BCUT2D eigenvalue weighted by molar-refractivity contribution is -0.129. The summed E-state index contributed by atoms with van der Waals surface area (Å²) in [6.07, 6.45) is 3.49. The van der Waals surface area contributed by atoms with Gasteiger partial charge < -0.3 is 29.1 Å². The standard InChI is InChI=1S/C25H30N2O6S/c1-31-17-14-16(15-18(32-2)24(17)33-3)21-20(22(28)19-8-7-13-34-19)23(29)25(30)27(21)12-11-26-9-5-4-6-10-26/h7-8,13-15,21,29H,4-6,9-12H2,1-3H3. The third kappa shape index (κ3) is 4.50. The maximum absolute atomic E-state index is 13.4.